The molecule has 1 N–H and O–H groups in total. The Kier molecular flexibility index (Phi) is 3.85. The molecule has 2 aromatic carbocycles. The Morgan fingerprint density at radius 2 is 1.95 bits per heavy atom. The number of anilines is 1. The summed E-state index contributed by atoms with van der Waals surface area (Å²) in [7, 11) is 1.55. The fourth-order valence-electron chi connectivity index (χ4n) is 2.24. The standard InChI is InChI=1S/C16H13BrN2O3/c1-22-12-6-7-15(20)13(8-12)14-9-16(21)19(18-14)11-4-2-10(17)3-5-11/h2-8,20H,9H2,1H3. The summed E-state index contributed by atoms with van der Waals surface area (Å²) in [6.45, 7) is 0. The number of aromatic hydroxyl groups is 1. The van der Waals surface area contributed by atoms with Gasteiger partial charge in [0, 0.05) is 10.0 Å². The summed E-state index contributed by atoms with van der Waals surface area (Å²) >= 11 is 3.36. The molecule has 2 aromatic rings. The number of hydrazone groups is 1. The highest BCUT2D eigenvalue weighted by molar-refractivity contribution is 9.10. The van der Waals surface area contributed by atoms with Crippen molar-refractivity contribution in [2.45, 2.75) is 6.42 Å². The molecule has 1 amide bonds. The van der Waals surface area contributed by atoms with Crippen LogP contribution in [0.2, 0.25) is 0 Å². The summed E-state index contributed by atoms with van der Waals surface area (Å²) in [5.74, 6) is 0.537. The summed E-state index contributed by atoms with van der Waals surface area (Å²) in [6.07, 6.45) is 0.136. The maximum absolute atomic E-state index is 12.2. The first-order valence-electron chi connectivity index (χ1n) is 6.62. The zero-order valence-electron chi connectivity index (χ0n) is 11.8. The maximum atomic E-state index is 12.2. The van der Waals surface area contributed by atoms with E-state index in [1.54, 1.807) is 31.4 Å². The number of nitrogens with zero attached hydrogens (tertiary/aromatic N) is 2. The number of hydrogen-bond donors (Lipinski definition) is 1. The fraction of sp³-hybridized carbons (Fsp3) is 0.125. The van der Waals surface area contributed by atoms with Crippen molar-refractivity contribution in [2.24, 2.45) is 5.10 Å². The van der Waals surface area contributed by atoms with Gasteiger partial charge in [0.05, 0.1) is 24.9 Å². The molecular formula is C16H13BrN2O3. The summed E-state index contributed by atoms with van der Waals surface area (Å²) in [5, 5.41) is 15.7. The van der Waals surface area contributed by atoms with E-state index in [0.717, 1.165) is 4.47 Å². The molecule has 6 heteroatoms. The molecule has 5 nitrogen and oxygen atoms in total. The molecule has 0 radical (unpaired) electrons. The maximum Gasteiger partial charge on any atom is 0.253 e. The fourth-order valence-corrected chi connectivity index (χ4v) is 2.50. The van der Waals surface area contributed by atoms with Crippen LogP contribution in [-0.4, -0.2) is 23.8 Å². The highest BCUT2D eigenvalue weighted by atomic mass is 79.9. The van der Waals surface area contributed by atoms with E-state index < -0.39 is 0 Å². The SMILES string of the molecule is COc1ccc(O)c(C2=NN(c3ccc(Br)cc3)C(=O)C2)c1. The van der Waals surface area contributed by atoms with Crippen LogP contribution < -0.4 is 9.75 Å². The normalized spacial score (nSPS) is 14.2. The van der Waals surface area contributed by atoms with E-state index in [4.69, 9.17) is 4.74 Å². The molecular weight excluding hydrogens is 348 g/mol. The van der Waals surface area contributed by atoms with Gasteiger partial charge in [-0.2, -0.15) is 5.10 Å². The zero-order chi connectivity index (χ0) is 15.7. The third-order valence-electron chi connectivity index (χ3n) is 3.36. The Labute approximate surface area is 136 Å². The van der Waals surface area contributed by atoms with Crippen LogP contribution in [0.4, 0.5) is 5.69 Å². The van der Waals surface area contributed by atoms with E-state index in [1.807, 2.05) is 12.1 Å². The Morgan fingerprint density at radius 1 is 1.23 bits per heavy atom. The van der Waals surface area contributed by atoms with Crippen LogP contribution in [0.3, 0.4) is 0 Å². The van der Waals surface area contributed by atoms with E-state index in [-0.39, 0.29) is 18.1 Å². The molecule has 0 saturated heterocycles. The molecule has 22 heavy (non-hydrogen) atoms. The molecule has 0 aliphatic carbocycles. The van der Waals surface area contributed by atoms with Crippen LogP contribution in [0, 0.1) is 0 Å². The van der Waals surface area contributed by atoms with Gasteiger partial charge in [0.15, 0.2) is 0 Å². The lowest BCUT2D eigenvalue weighted by Gasteiger charge is -2.11. The summed E-state index contributed by atoms with van der Waals surface area (Å²) < 4.78 is 6.08. The molecule has 0 bridgehead atoms. The van der Waals surface area contributed by atoms with Crippen LogP contribution in [0.1, 0.15) is 12.0 Å². The molecule has 1 aliphatic rings. The van der Waals surface area contributed by atoms with Gasteiger partial charge >= 0.3 is 0 Å². The highest BCUT2D eigenvalue weighted by Crippen LogP contribution is 2.29. The van der Waals surface area contributed by atoms with Gasteiger partial charge in [-0.15, -0.1) is 0 Å². The molecule has 3 rings (SSSR count). The molecule has 0 saturated carbocycles. The van der Waals surface area contributed by atoms with Crippen molar-refractivity contribution >= 4 is 33.2 Å². The second-order valence-electron chi connectivity index (χ2n) is 4.79. The number of amides is 1. The van der Waals surface area contributed by atoms with Crippen LogP contribution in [0.5, 0.6) is 11.5 Å². The summed E-state index contributed by atoms with van der Waals surface area (Å²) in [6, 6.07) is 12.2. The van der Waals surface area contributed by atoms with E-state index in [2.05, 4.69) is 21.0 Å². The minimum absolute atomic E-state index is 0.0741. The third-order valence-corrected chi connectivity index (χ3v) is 3.89. The number of carbonyl (C=O) groups is 1. The first-order valence-corrected chi connectivity index (χ1v) is 7.41. The van der Waals surface area contributed by atoms with Gasteiger partial charge in [-0.3, -0.25) is 4.79 Å². The third kappa shape index (κ3) is 2.69. The molecule has 1 aliphatic heterocycles. The quantitative estimate of drug-likeness (QED) is 0.913. The van der Waals surface area contributed by atoms with E-state index in [0.29, 0.717) is 22.7 Å². The molecule has 112 valence electrons. The minimum Gasteiger partial charge on any atom is -0.507 e. The van der Waals surface area contributed by atoms with Gasteiger partial charge < -0.3 is 9.84 Å². The lowest BCUT2D eigenvalue weighted by atomic mass is 10.1. The second kappa shape index (κ2) is 5.81. The van der Waals surface area contributed by atoms with Crippen LogP contribution in [0.15, 0.2) is 52.0 Å². The topological polar surface area (TPSA) is 62.1 Å². The molecule has 1 heterocycles. The van der Waals surface area contributed by atoms with Crippen molar-refractivity contribution in [3.05, 3.63) is 52.5 Å². The number of hydrogen-bond acceptors (Lipinski definition) is 4. The van der Waals surface area contributed by atoms with Gasteiger partial charge in [-0.05, 0) is 42.5 Å². The van der Waals surface area contributed by atoms with E-state index >= 15 is 0 Å². The Balaban J connectivity index is 1.98. The zero-order valence-corrected chi connectivity index (χ0v) is 13.4. The lowest BCUT2D eigenvalue weighted by Crippen LogP contribution is -2.19. The van der Waals surface area contributed by atoms with Crippen molar-refractivity contribution < 1.29 is 14.6 Å². The van der Waals surface area contributed by atoms with Gasteiger partial charge in [-0.25, -0.2) is 5.01 Å². The number of phenols is 1. The van der Waals surface area contributed by atoms with Crippen molar-refractivity contribution in [2.75, 3.05) is 12.1 Å². The number of halogens is 1. The van der Waals surface area contributed by atoms with Crippen LogP contribution >= 0.6 is 15.9 Å². The predicted molar refractivity (Wildman–Crippen MR) is 87.4 cm³/mol. The van der Waals surface area contributed by atoms with E-state index in [1.165, 1.54) is 11.1 Å². The Hall–Kier alpha value is -2.34. The van der Waals surface area contributed by atoms with Crippen LogP contribution in [-0.2, 0) is 4.79 Å². The smallest absolute Gasteiger partial charge is 0.253 e. The molecule has 0 aromatic heterocycles. The van der Waals surface area contributed by atoms with E-state index in [9.17, 15) is 9.90 Å². The second-order valence-corrected chi connectivity index (χ2v) is 5.70. The van der Waals surface area contributed by atoms with Crippen molar-refractivity contribution in [1.82, 2.24) is 0 Å². The monoisotopic (exact) mass is 360 g/mol. The van der Waals surface area contributed by atoms with Gasteiger partial charge in [0.25, 0.3) is 5.91 Å². The molecule has 0 fully saturated rings. The Morgan fingerprint density at radius 3 is 2.64 bits per heavy atom. The first kappa shape index (κ1) is 14.6. The minimum atomic E-state index is -0.139. The number of methoxy groups -OCH3 is 1. The Bertz CT molecular complexity index is 756. The lowest BCUT2D eigenvalue weighted by molar-refractivity contribution is -0.116. The number of carbonyl (C=O) groups excluding carboxylic acids is 1. The number of ether oxygens (including phenoxy) is 1. The summed E-state index contributed by atoms with van der Waals surface area (Å²) in [4.78, 5) is 12.2. The number of phenolic OH excluding ortho intramolecular Hbond substituents is 1. The molecule has 0 unspecified atom stereocenters. The average Bonchev–Trinajstić information content (AvgIpc) is 2.90. The highest BCUT2D eigenvalue weighted by Gasteiger charge is 2.27. The van der Waals surface area contributed by atoms with Crippen molar-refractivity contribution in [3.63, 3.8) is 0 Å². The van der Waals surface area contributed by atoms with Crippen molar-refractivity contribution in [1.29, 1.82) is 0 Å². The molecule has 0 spiro atoms. The van der Waals surface area contributed by atoms with Gasteiger partial charge in [0.2, 0.25) is 0 Å². The largest absolute Gasteiger partial charge is 0.507 e. The summed E-state index contributed by atoms with van der Waals surface area (Å²) in [5.41, 5.74) is 1.71. The first-order chi connectivity index (χ1) is 10.6. The predicted octanol–water partition coefficient (Wildman–Crippen LogP) is 3.30. The molecule has 0 atom stereocenters. The average molecular weight is 361 g/mol. The van der Waals surface area contributed by atoms with Crippen LogP contribution in [0.25, 0.3) is 0 Å². The van der Waals surface area contributed by atoms with Gasteiger partial charge in [-0.1, -0.05) is 15.9 Å². The van der Waals surface area contributed by atoms with Gasteiger partial charge in [0.1, 0.15) is 11.5 Å². The number of benzene rings is 2. The van der Waals surface area contributed by atoms with Crippen molar-refractivity contribution in [3.8, 4) is 11.5 Å². The number of rotatable bonds is 3.